The van der Waals surface area contributed by atoms with Gasteiger partial charge in [0.05, 0.1) is 0 Å². The summed E-state index contributed by atoms with van der Waals surface area (Å²) in [5.41, 5.74) is 0.708. The minimum Gasteiger partial charge on any atom is -0.396 e. The molecule has 0 spiro atoms. The molecule has 1 nitrogen and oxygen atoms in total. The molecule has 2 rings (SSSR count). The van der Waals surface area contributed by atoms with Gasteiger partial charge in [-0.05, 0) is 36.5 Å². The molecule has 0 saturated heterocycles. The van der Waals surface area contributed by atoms with Gasteiger partial charge in [-0.15, -0.1) is 0 Å². The van der Waals surface area contributed by atoms with E-state index in [1.807, 2.05) is 0 Å². The summed E-state index contributed by atoms with van der Waals surface area (Å²) in [7, 11) is 0. The molecule has 2 fully saturated rings. The van der Waals surface area contributed by atoms with E-state index in [9.17, 15) is 5.11 Å². The molecular weight excluding hydrogens is 172 g/mol. The Labute approximate surface area is 87.9 Å². The van der Waals surface area contributed by atoms with Crippen molar-refractivity contribution in [2.24, 2.45) is 22.7 Å². The van der Waals surface area contributed by atoms with Gasteiger partial charge in [-0.25, -0.2) is 0 Å². The fraction of sp³-hybridized carbons (Fsp3) is 1.00. The molecule has 2 saturated carbocycles. The lowest BCUT2D eigenvalue weighted by atomic mass is 9.72. The van der Waals surface area contributed by atoms with E-state index < -0.39 is 0 Å². The van der Waals surface area contributed by atoms with Crippen molar-refractivity contribution in [1.29, 1.82) is 0 Å². The molecule has 0 aromatic rings. The molecule has 0 radical (unpaired) electrons. The summed E-state index contributed by atoms with van der Waals surface area (Å²) < 4.78 is 0. The molecule has 0 aromatic heterocycles. The van der Waals surface area contributed by atoms with Gasteiger partial charge in [0.2, 0.25) is 0 Å². The van der Waals surface area contributed by atoms with Crippen LogP contribution >= 0.6 is 0 Å². The van der Waals surface area contributed by atoms with Crippen molar-refractivity contribution in [3.8, 4) is 0 Å². The first kappa shape index (κ1) is 10.5. The monoisotopic (exact) mass is 196 g/mol. The van der Waals surface area contributed by atoms with E-state index in [0.29, 0.717) is 17.4 Å². The SMILES string of the molecule is CC1CCC(C2(CO)CC2(C)C)CC1. The van der Waals surface area contributed by atoms with Gasteiger partial charge >= 0.3 is 0 Å². The fourth-order valence-corrected chi connectivity index (χ4v) is 3.65. The maximum absolute atomic E-state index is 9.61. The first-order valence-electron chi connectivity index (χ1n) is 6.13. The Hall–Kier alpha value is -0.0400. The van der Waals surface area contributed by atoms with Crippen molar-refractivity contribution in [2.45, 2.75) is 52.9 Å². The maximum atomic E-state index is 9.61. The Morgan fingerprint density at radius 2 is 1.64 bits per heavy atom. The normalized spacial score (nSPS) is 46.3. The molecule has 14 heavy (non-hydrogen) atoms. The number of aliphatic hydroxyl groups excluding tert-OH is 1. The van der Waals surface area contributed by atoms with Crippen LogP contribution in [0.3, 0.4) is 0 Å². The lowest BCUT2D eigenvalue weighted by Gasteiger charge is -2.34. The highest BCUT2D eigenvalue weighted by atomic mass is 16.3. The molecule has 1 heteroatoms. The quantitative estimate of drug-likeness (QED) is 0.719. The molecule has 0 aromatic carbocycles. The topological polar surface area (TPSA) is 20.2 Å². The summed E-state index contributed by atoms with van der Waals surface area (Å²) in [4.78, 5) is 0. The molecule has 2 aliphatic rings. The fourth-order valence-electron chi connectivity index (χ4n) is 3.65. The minimum absolute atomic E-state index is 0.299. The average molecular weight is 196 g/mol. The van der Waals surface area contributed by atoms with E-state index in [-0.39, 0.29) is 0 Å². The second-order valence-corrected chi connectivity index (χ2v) is 6.33. The molecule has 0 aliphatic heterocycles. The highest BCUT2D eigenvalue weighted by Gasteiger charge is 2.64. The molecule has 0 heterocycles. The number of hydrogen-bond donors (Lipinski definition) is 1. The van der Waals surface area contributed by atoms with Crippen LogP contribution in [0.4, 0.5) is 0 Å². The van der Waals surface area contributed by atoms with Gasteiger partial charge in [0.15, 0.2) is 0 Å². The molecule has 1 atom stereocenters. The van der Waals surface area contributed by atoms with E-state index in [0.717, 1.165) is 11.8 Å². The zero-order chi connectivity index (χ0) is 10.4. The molecule has 2 aliphatic carbocycles. The summed E-state index contributed by atoms with van der Waals surface area (Å²) >= 11 is 0. The van der Waals surface area contributed by atoms with Crippen LogP contribution in [0.1, 0.15) is 52.9 Å². The molecule has 0 amide bonds. The summed E-state index contributed by atoms with van der Waals surface area (Å²) in [6.45, 7) is 7.42. The van der Waals surface area contributed by atoms with E-state index in [2.05, 4.69) is 20.8 Å². The van der Waals surface area contributed by atoms with Crippen LogP contribution in [0.25, 0.3) is 0 Å². The van der Waals surface area contributed by atoms with Gasteiger partial charge in [-0.3, -0.25) is 0 Å². The molecule has 1 unspecified atom stereocenters. The lowest BCUT2D eigenvalue weighted by Crippen LogP contribution is -2.28. The van der Waals surface area contributed by atoms with E-state index >= 15 is 0 Å². The third-order valence-corrected chi connectivity index (χ3v) is 5.06. The zero-order valence-corrected chi connectivity index (χ0v) is 9.84. The van der Waals surface area contributed by atoms with Crippen LogP contribution in [-0.2, 0) is 0 Å². The summed E-state index contributed by atoms with van der Waals surface area (Å²) in [5, 5.41) is 9.61. The highest BCUT2D eigenvalue weighted by molar-refractivity contribution is 5.12. The third kappa shape index (κ3) is 1.41. The van der Waals surface area contributed by atoms with Crippen molar-refractivity contribution in [1.82, 2.24) is 0 Å². The van der Waals surface area contributed by atoms with Crippen LogP contribution in [0.15, 0.2) is 0 Å². The van der Waals surface area contributed by atoms with Crippen LogP contribution in [0.5, 0.6) is 0 Å². The maximum Gasteiger partial charge on any atom is 0.0495 e. The van der Waals surface area contributed by atoms with E-state index in [4.69, 9.17) is 0 Å². The number of rotatable bonds is 2. The van der Waals surface area contributed by atoms with Crippen molar-refractivity contribution in [3.63, 3.8) is 0 Å². The minimum atomic E-state index is 0.299. The van der Waals surface area contributed by atoms with Gasteiger partial charge in [-0.2, -0.15) is 0 Å². The second-order valence-electron chi connectivity index (χ2n) is 6.33. The molecular formula is C13H24O. The van der Waals surface area contributed by atoms with Gasteiger partial charge in [-0.1, -0.05) is 33.6 Å². The van der Waals surface area contributed by atoms with Crippen LogP contribution in [-0.4, -0.2) is 11.7 Å². The van der Waals surface area contributed by atoms with E-state index in [1.165, 1.54) is 32.1 Å². The van der Waals surface area contributed by atoms with Crippen LogP contribution < -0.4 is 0 Å². The summed E-state index contributed by atoms with van der Waals surface area (Å²) in [6, 6.07) is 0. The zero-order valence-electron chi connectivity index (χ0n) is 9.84. The summed E-state index contributed by atoms with van der Waals surface area (Å²) in [5.74, 6) is 1.72. The largest absolute Gasteiger partial charge is 0.396 e. The van der Waals surface area contributed by atoms with Crippen LogP contribution in [0, 0.1) is 22.7 Å². The first-order chi connectivity index (χ1) is 6.52. The lowest BCUT2D eigenvalue weighted by molar-refractivity contribution is 0.0876. The molecule has 1 N–H and O–H groups in total. The molecule has 82 valence electrons. The number of aliphatic hydroxyl groups is 1. The van der Waals surface area contributed by atoms with Crippen molar-refractivity contribution in [3.05, 3.63) is 0 Å². The van der Waals surface area contributed by atoms with Gasteiger partial charge < -0.3 is 5.11 Å². The Bertz CT molecular complexity index is 213. The average Bonchev–Trinajstić information content (AvgIpc) is 2.71. The van der Waals surface area contributed by atoms with Gasteiger partial charge in [0.1, 0.15) is 0 Å². The highest BCUT2D eigenvalue weighted by Crippen LogP contribution is 2.69. The Morgan fingerprint density at radius 1 is 1.14 bits per heavy atom. The standard InChI is InChI=1S/C13H24O/c1-10-4-6-11(7-5-10)13(9-14)8-12(13,2)3/h10-11,14H,4-9H2,1-3H3. The number of hydrogen-bond acceptors (Lipinski definition) is 1. The van der Waals surface area contributed by atoms with Gasteiger partial charge in [0.25, 0.3) is 0 Å². The predicted molar refractivity (Wildman–Crippen MR) is 59.0 cm³/mol. The van der Waals surface area contributed by atoms with E-state index in [1.54, 1.807) is 0 Å². The summed E-state index contributed by atoms with van der Waals surface area (Å²) in [6.07, 6.45) is 6.71. The molecule has 0 bridgehead atoms. The Morgan fingerprint density at radius 3 is 2.00 bits per heavy atom. The second kappa shape index (κ2) is 3.23. The van der Waals surface area contributed by atoms with Gasteiger partial charge in [0, 0.05) is 12.0 Å². The third-order valence-electron chi connectivity index (χ3n) is 5.06. The Balaban J connectivity index is 2.01. The van der Waals surface area contributed by atoms with Crippen molar-refractivity contribution < 1.29 is 5.11 Å². The van der Waals surface area contributed by atoms with Crippen molar-refractivity contribution >= 4 is 0 Å². The van der Waals surface area contributed by atoms with Crippen LogP contribution in [0.2, 0.25) is 0 Å². The van der Waals surface area contributed by atoms with Crippen molar-refractivity contribution in [2.75, 3.05) is 6.61 Å². The Kier molecular flexibility index (Phi) is 2.42. The smallest absolute Gasteiger partial charge is 0.0495 e. The first-order valence-corrected chi connectivity index (χ1v) is 6.13. The predicted octanol–water partition coefficient (Wildman–Crippen LogP) is 3.22.